The molecule has 0 aliphatic rings. The van der Waals surface area contributed by atoms with Crippen LogP contribution < -0.4 is 14.8 Å². The zero-order chi connectivity index (χ0) is 15.1. The van der Waals surface area contributed by atoms with Gasteiger partial charge in [-0.2, -0.15) is 9.37 Å². The lowest BCUT2D eigenvalue weighted by molar-refractivity contribution is 0.337. The zero-order valence-corrected chi connectivity index (χ0v) is 12.1. The van der Waals surface area contributed by atoms with E-state index >= 15 is 0 Å². The summed E-state index contributed by atoms with van der Waals surface area (Å²) in [6.07, 6.45) is 2.01. The predicted molar refractivity (Wildman–Crippen MR) is 78.5 cm³/mol. The van der Waals surface area contributed by atoms with E-state index in [9.17, 15) is 4.39 Å². The topological polar surface area (TPSA) is 56.3 Å². The summed E-state index contributed by atoms with van der Waals surface area (Å²) >= 11 is 0. The Morgan fingerprint density at radius 2 is 2.05 bits per heavy atom. The van der Waals surface area contributed by atoms with Crippen LogP contribution in [0.2, 0.25) is 0 Å². The first-order valence-corrected chi connectivity index (χ1v) is 6.90. The van der Waals surface area contributed by atoms with Crippen LogP contribution in [0.15, 0.2) is 30.5 Å². The van der Waals surface area contributed by atoms with Crippen molar-refractivity contribution in [2.75, 3.05) is 18.5 Å². The van der Waals surface area contributed by atoms with E-state index in [1.54, 1.807) is 24.3 Å². The zero-order valence-electron chi connectivity index (χ0n) is 12.1. The highest BCUT2D eigenvalue weighted by Crippen LogP contribution is 2.26. The van der Waals surface area contributed by atoms with Gasteiger partial charge < -0.3 is 14.8 Å². The van der Waals surface area contributed by atoms with E-state index < -0.39 is 5.82 Å². The average Bonchev–Trinajstić information content (AvgIpc) is 2.49. The summed E-state index contributed by atoms with van der Waals surface area (Å²) in [5.74, 6) is 0.735. The molecule has 0 atom stereocenters. The summed E-state index contributed by atoms with van der Waals surface area (Å²) in [5.41, 5.74) is 0. The second-order valence-corrected chi connectivity index (χ2v) is 4.28. The van der Waals surface area contributed by atoms with E-state index in [1.807, 2.05) is 13.8 Å². The fourth-order valence-electron chi connectivity index (χ4n) is 1.65. The summed E-state index contributed by atoms with van der Waals surface area (Å²) in [4.78, 5) is 7.88. The van der Waals surface area contributed by atoms with Gasteiger partial charge in [0, 0.05) is 12.6 Å². The Labute approximate surface area is 123 Å². The van der Waals surface area contributed by atoms with Crippen molar-refractivity contribution >= 4 is 5.95 Å². The van der Waals surface area contributed by atoms with Gasteiger partial charge >= 0.3 is 0 Å². The molecule has 2 aromatic rings. The SMILES string of the molecule is CCCNc1ncc(F)c(Oc2cccc(OCC)c2)n1. The Balaban J connectivity index is 2.16. The van der Waals surface area contributed by atoms with Crippen LogP contribution in [0.25, 0.3) is 0 Å². The summed E-state index contributed by atoms with van der Waals surface area (Å²) in [6, 6.07) is 6.98. The molecule has 1 N–H and O–H groups in total. The molecule has 0 spiro atoms. The van der Waals surface area contributed by atoms with E-state index in [-0.39, 0.29) is 5.88 Å². The van der Waals surface area contributed by atoms with E-state index in [4.69, 9.17) is 9.47 Å². The number of nitrogens with zero attached hydrogens (tertiary/aromatic N) is 2. The van der Waals surface area contributed by atoms with E-state index in [2.05, 4.69) is 15.3 Å². The van der Waals surface area contributed by atoms with Gasteiger partial charge in [0.2, 0.25) is 11.8 Å². The van der Waals surface area contributed by atoms with Crippen molar-refractivity contribution in [3.63, 3.8) is 0 Å². The third kappa shape index (κ3) is 4.30. The number of ether oxygens (including phenoxy) is 2. The van der Waals surface area contributed by atoms with Crippen molar-refractivity contribution in [3.8, 4) is 17.4 Å². The number of rotatable bonds is 7. The molecular formula is C15H18FN3O2. The molecule has 21 heavy (non-hydrogen) atoms. The minimum Gasteiger partial charge on any atom is -0.494 e. The Bertz CT molecular complexity index is 593. The molecular weight excluding hydrogens is 273 g/mol. The number of benzene rings is 1. The Morgan fingerprint density at radius 3 is 2.81 bits per heavy atom. The van der Waals surface area contributed by atoms with Gasteiger partial charge in [-0.3, -0.25) is 0 Å². The highest BCUT2D eigenvalue weighted by atomic mass is 19.1. The number of hydrogen-bond acceptors (Lipinski definition) is 5. The van der Waals surface area contributed by atoms with E-state index in [0.717, 1.165) is 12.6 Å². The largest absolute Gasteiger partial charge is 0.494 e. The van der Waals surface area contributed by atoms with Crippen molar-refractivity contribution in [1.82, 2.24) is 9.97 Å². The van der Waals surface area contributed by atoms with Crippen molar-refractivity contribution in [1.29, 1.82) is 0 Å². The minimum atomic E-state index is -0.612. The van der Waals surface area contributed by atoms with Gasteiger partial charge in [0.1, 0.15) is 11.5 Å². The van der Waals surface area contributed by atoms with Crippen molar-refractivity contribution in [3.05, 3.63) is 36.3 Å². The van der Waals surface area contributed by atoms with Gasteiger partial charge in [0.15, 0.2) is 0 Å². The third-order valence-corrected chi connectivity index (χ3v) is 2.58. The van der Waals surface area contributed by atoms with Crippen LogP contribution in [0.5, 0.6) is 17.4 Å². The monoisotopic (exact) mass is 291 g/mol. The first-order chi connectivity index (χ1) is 10.2. The van der Waals surface area contributed by atoms with Crippen LogP contribution >= 0.6 is 0 Å². The van der Waals surface area contributed by atoms with E-state index in [0.29, 0.717) is 30.6 Å². The lowest BCUT2D eigenvalue weighted by Gasteiger charge is -2.09. The Kier molecular flexibility index (Phi) is 5.31. The molecule has 0 fully saturated rings. The Morgan fingerprint density at radius 1 is 1.24 bits per heavy atom. The maximum atomic E-state index is 13.7. The summed E-state index contributed by atoms with van der Waals surface area (Å²) < 4.78 is 24.6. The van der Waals surface area contributed by atoms with Gasteiger partial charge in [-0.15, -0.1) is 0 Å². The molecule has 0 saturated heterocycles. The molecule has 5 nitrogen and oxygen atoms in total. The summed E-state index contributed by atoms with van der Waals surface area (Å²) in [7, 11) is 0. The second kappa shape index (κ2) is 7.42. The molecule has 6 heteroatoms. The molecule has 0 unspecified atom stereocenters. The van der Waals surface area contributed by atoms with Crippen molar-refractivity contribution in [2.45, 2.75) is 20.3 Å². The molecule has 0 amide bonds. The highest BCUT2D eigenvalue weighted by Gasteiger charge is 2.10. The number of nitrogens with one attached hydrogen (secondary N) is 1. The number of anilines is 1. The van der Waals surface area contributed by atoms with Crippen LogP contribution in [-0.4, -0.2) is 23.1 Å². The van der Waals surface area contributed by atoms with Gasteiger partial charge in [0.25, 0.3) is 5.88 Å². The fourth-order valence-corrected chi connectivity index (χ4v) is 1.65. The van der Waals surface area contributed by atoms with Gasteiger partial charge in [-0.1, -0.05) is 13.0 Å². The average molecular weight is 291 g/mol. The third-order valence-electron chi connectivity index (χ3n) is 2.58. The molecule has 2 rings (SSSR count). The molecule has 0 radical (unpaired) electrons. The van der Waals surface area contributed by atoms with Gasteiger partial charge in [0.05, 0.1) is 12.8 Å². The predicted octanol–water partition coefficient (Wildman–Crippen LogP) is 3.63. The molecule has 0 aliphatic heterocycles. The molecule has 1 aromatic heterocycles. The Hall–Kier alpha value is -2.37. The summed E-state index contributed by atoms with van der Waals surface area (Å²) in [6.45, 7) is 5.18. The number of halogens is 1. The maximum absolute atomic E-state index is 13.7. The molecule has 0 bridgehead atoms. The van der Waals surface area contributed by atoms with Gasteiger partial charge in [-0.05, 0) is 25.5 Å². The number of hydrogen-bond donors (Lipinski definition) is 1. The van der Waals surface area contributed by atoms with E-state index in [1.165, 1.54) is 0 Å². The van der Waals surface area contributed by atoms with Crippen molar-refractivity contribution in [2.24, 2.45) is 0 Å². The van der Waals surface area contributed by atoms with Crippen LogP contribution in [0.1, 0.15) is 20.3 Å². The fraction of sp³-hybridized carbons (Fsp3) is 0.333. The first kappa shape index (κ1) is 15.0. The highest BCUT2D eigenvalue weighted by molar-refractivity contribution is 5.36. The van der Waals surface area contributed by atoms with Crippen LogP contribution in [-0.2, 0) is 0 Å². The van der Waals surface area contributed by atoms with Crippen LogP contribution in [0, 0.1) is 5.82 Å². The lowest BCUT2D eigenvalue weighted by Crippen LogP contribution is -2.05. The van der Waals surface area contributed by atoms with Crippen LogP contribution in [0.3, 0.4) is 0 Å². The molecule has 1 aromatic carbocycles. The molecule has 0 saturated carbocycles. The maximum Gasteiger partial charge on any atom is 0.260 e. The summed E-state index contributed by atoms with van der Waals surface area (Å²) in [5, 5.41) is 2.99. The molecule has 1 heterocycles. The van der Waals surface area contributed by atoms with Gasteiger partial charge in [-0.25, -0.2) is 4.98 Å². The standard InChI is InChI=1S/C15H18FN3O2/c1-3-8-17-15-18-10-13(16)14(19-15)21-12-7-5-6-11(9-12)20-4-2/h5-7,9-10H,3-4,8H2,1-2H3,(H,17,18,19). The second-order valence-electron chi connectivity index (χ2n) is 4.28. The molecule has 112 valence electrons. The van der Waals surface area contributed by atoms with Crippen molar-refractivity contribution < 1.29 is 13.9 Å². The minimum absolute atomic E-state index is 0.114. The molecule has 0 aliphatic carbocycles. The smallest absolute Gasteiger partial charge is 0.260 e. The normalized spacial score (nSPS) is 10.2. The number of aromatic nitrogens is 2. The van der Waals surface area contributed by atoms with Crippen LogP contribution in [0.4, 0.5) is 10.3 Å². The first-order valence-electron chi connectivity index (χ1n) is 6.90. The quantitative estimate of drug-likeness (QED) is 0.844. The lowest BCUT2D eigenvalue weighted by atomic mass is 10.3.